The van der Waals surface area contributed by atoms with Gasteiger partial charge in [0.1, 0.15) is 4.53 Å². The molecule has 2 aliphatic heterocycles. The summed E-state index contributed by atoms with van der Waals surface area (Å²) in [7, 11) is 0. The lowest BCUT2D eigenvalue weighted by Gasteiger charge is -2.26. The zero-order valence-electron chi connectivity index (χ0n) is 24.2. The zero-order valence-corrected chi connectivity index (χ0v) is 25.1. The molecule has 0 bridgehead atoms. The second-order valence-corrected chi connectivity index (χ2v) is 11.6. The van der Waals surface area contributed by atoms with E-state index in [4.69, 9.17) is 9.73 Å². The highest BCUT2D eigenvalue weighted by molar-refractivity contribution is 7.07. The third kappa shape index (κ3) is 4.77. The van der Waals surface area contributed by atoms with Crippen molar-refractivity contribution in [1.29, 1.82) is 0 Å². The fourth-order valence-corrected chi connectivity index (χ4v) is 6.77. The van der Waals surface area contributed by atoms with Gasteiger partial charge in [-0.05, 0) is 30.0 Å². The number of amides is 1. The minimum absolute atomic E-state index is 0.169. The average Bonchev–Trinajstić information content (AvgIpc) is 3.49. The number of carbonyl (C=O) groups is 2. The van der Waals surface area contributed by atoms with Gasteiger partial charge in [0.05, 0.1) is 35.2 Å². The van der Waals surface area contributed by atoms with Crippen LogP contribution in [0.5, 0.6) is 0 Å². The van der Waals surface area contributed by atoms with Crippen molar-refractivity contribution in [2.24, 2.45) is 4.99 Å². The van der Waals surface area contributed by atoms with Crippen molar-refractivity contribution in [3.63, 3.8) is 0 Å². The second kappa shape index (κ2) is 11.5. The Morgan fingerprint density at radius 1 is 1.02 bits per heavy atom. The number of benzene rings is 3. The highest BCUT2D eigenvalue weighted by Crippen LogP contribution is 2.37. The predicted octanol–water partition coefficient (Wildman–Crippen LogP) is 4.96. The Morgan fingerprint density at radius 3 is 2.40 bits per heavy atom. The minimum atomic E-state index is -0.808. The smallest absolute Gasteiger partial charge is 0.338 e. The molecule has 0 saturated heterocycles. The van der Waals surface area contributed by atoms with E-state index in [1.54, 1.807) is 22.5 Å². The van der Waals surface area contributed by atoms with Gasteiger partial charge >= 0.3 is 5.97 Å². The first kappa shape index (κ1) is 28.3. The molecule has 7 nitrogen and oxygen atoms in total. The summed E-state index contributed by atoms with van der Waals surface area (Å²) in [4.78, 5) is 48.9. The first-order valence-corrected chi connectivity index (χ1v) is 15.1. The molecular weight excluding hydrogens is 558 g/mol. The average molecular weight is 590 g/mol. The summed E-state index contributed by atoms with van der Waals surface area (Å²) in [6.07, 6.45) is 1.66. The first-order chi connectivity index (χ1) is 20.8. The lowest BCUT2D eigenvalue weighted by Crippen LogP contribution is -2.41. The quantitative estimate of drug-likeness (QED) is 0.225. The third-order valence-corrected chi connectivity index (χ3v) is 8.78. The van der Waals surface area contributed by atoms with E-state index in [1.807, 2.05) is 78.9 Å². The fraction of sp³-hybridized carbons (Fsp3) is 0.200. The van der Waals surface area contributed by atoms with Gasteiger partial charge in [-0.15, -0.1) is 6.58 Å². The summed E-state index contributed by atoms with van der Waals surface area (Å²) in [6.45, 7) is 10.3. The predicted molar refractivity (Wildman–Crippen MR) is 170 cm³/mol. The normalized spacial score (nSPS) is 17.1. The largest absolute Gasteiger partial charge is 0.463 e. The number of esters is 1. The van der Waals surface area contributed by atoms with Crippen molar-refractivity contribution in [2.75, 3.05) is 18.1 Å². The summed E-state index contributed by atoms with van der Waals surface area (Å²) in [5, 5.41) is 0. The minimum Gasteiger partial charge on any atom is -0.463 e. The molecule has 6 rings (SSSR count). The number of thiazole rings is 1. The summed E-state index contributed by atoms with van der Waals surface area (Å²) in [5.74, 6) is -0.498. The van der Waals surface area contributed by atoms with Crippen molar-refractivity contribution >= 4 is 40.2 Å². The second-order valence-electron chi connectivity index (χ2n) is 10.7. The molecule has 0 spiro atoms. The topological polar surface area (TPSA) is 81.0 Å². The zero-order chi connectivity index (χ0) is 30.2. The molecule has 2 aliphatic rings. The number of anilines is 1. The lowest BCUT2D eigenvalue weighted by atomic mass is 9.91. The molecule has 43 heavy (non-hydrogen) atoms. The number of ether oxygens (including phenoxy) is 1. The van der Waals surface area contributed by atoms with Crippen LogP contribution in [0.4, 0.5) is 5.69 Å². The van der Waals surface area contributed by atoms with Gasteiger partial charge in [0, 0.05) is 17.7 Å². The summed E-state index contributed by atoms with van der Waals surface area (Å²) in [5.41, 5.74) is 4.71. The number of nitrogens with zero attached hydrogens (tertiary/aromatic N) is 3. The maximum absolute atomic E-state index is 14.5. The Labute approximate surface area is 253 Å². The van der Waals surface area contributed by atoms with E-state index in [-0.39, 0.29) is 28.2 Å². The summed E-state index contributed by atoms with van der Waals surface area (Å²) in [6, 6.07) is 24.0. The van der Waals surface area contributed by atoms with Crippen LogP contribution in [0, 0.1) is 0 Å². The number of carbonyl (C=O) groups excluding carboxylic acids is 2. The van der Waals surface area contributed by atoms with Gasteiger partial charge in [-0.2, -0.15) is 0 Å². The molecule has 0 saturated carbocycles. The Bertz CT molecular complexity index is 1970. The number of rotatable bonds is 7. The van der Waals surface area contributed by atoms with Crippen molar-refractivity contribution in [1.82, 2.24) is 4.57 Å². The van der Waals surface area contributed by atoms with Crippen LogP contribution in [0.2, 0.25) is 0 Å². The molecule has 216 valence electrons. The van der Waals surface area contributed by atoms with E-state index < -0.39 is 12.0 Å². The first-order valence-electron chi connectivity index (χ1n) is 14.3. The number of hydrogen-bond acceptors (Lipinski definition) is 6. The lowest BCUT2D eigenvalue weighted by molar-refractivity contribution is -0.138. The van der Waals surface area contributed by atoms with E-state index in [0.717, 1.165) is 22.4 Å². The van der Waals surface area contributed by atoms with Gasteiger partial charge in [-0.3, -0.25) is 14.2 Å². The molecular formula is C35H31N3O4S. The van der Waals surface area contributed by atoms with E-state index in [0.29, 0.717) is 34.1 Å². The van der Waals surface area contributed by atoms with Gasteiger partial charge < -0.3 is 9.64 Å². The highest BCUT2D eigenvalue weighted by Gasteiger charge is 2.38. The Morgan fingerprint density at radius 2 is 1.72 bits per heavy atom. The Kier molecular flexibility index (Phi) is 7.54. The molecule has 8 heteroatoms. The van der Waals surface area contributed by atoms with E-state index >= 15 is 0 Å². The number of para-hydroxylation sites is 1. The molecule has 1 amide bonds. The number of aromatic nitrogens is 1. The van der Waals surface area contributed by atoms with Gasteiger partial charge in [-0.25, -0.2) is 9.79 Å². The number of fused-ring (bicyclic) bond motifs is 2. The van der Waals surface area contributed by atoms with Crippen molar-refractivity contribution in [2.45, 2.75) is 32.7 Å². The Balaban J connectivity index is 1.69. The van der Waals surface area contributed by atoms with Gasteiger partial charge in [-0.1, -0.05) is 104 Å². The van der Waals surface area contributed by atoms with Crippen LogP contribution in [0.1, 0.15) is 55.0 Å². The van der Waals surface area contributed by atoms with Gasteiger partial charge in [0.25, 0.3) is 11.5 Å². The Hall–Kier alpha value is -4.82. The van der Waals surface area contributed by atoms with Crippen LogP contribution in [0.15, 0.2) is 107 Å². The monoisotopic (exact) mass is 589 g/mol. The molecule has 0 aliphatic carbocycles. The summed E-state index contributed by atoms with van der Waals surface area (Å²) < 4.78 is 7.39. The molecule has 4 aromatic rings. The molecule has 1 aromatic heterocycles. The molecule has 0 fully saturated rings. The van der Waals surface area contributed by atoms with Crippen molar-refractivity contribution < 1.29 is 14.3 Å². The molecule has 0 N–H and O–H groups in total. The van der Waals surface area contributed by atoms with E-state index in [2.05, 4.69) is 20.4 Å². The van der Waals surface area contributed by atoms with Crippen LogP contribution >= 0.6 is 11.3 Å². The number of hydrogen-bond donors (Lipinski definition) is 0. The van der Waals surface area contributed by atoms with Crippen LogP contribution in [0.3, 0.4) is 0 Å². The molecule has 1 atom stereocenters. The molecule has 3 aromatic carbocycles. The fourth-order valence-electron chi connectivity index (χ4n) is 5.68. The SMILES string of the molecule is C=CCN1C(=O)/C(=c2/sc3n(c2=O)[C@H](c2ccc(C(C)C)cc2)C(C(=O)OCC)=C(c2ccccc2)N=3)c2ccccc21. The van der Waals surface area contributed by atoms with Crippen LogP contribution in [-0.4, -0.2) is 29.6 Å². The summed E-state index contributed by atoms with van der Waals surface area (Å²) >= 11 is 1.17. The van der Waals surface area contributed by atoms with Gasteiger partial charge in [0.2, 0.25) is 0 Å². The van der Waals surface area contributed by atoms with Crippen molar-refractivity contribution in [3.05, 3.63) is 139 Å². The van der Waals surface area contributed by atoms with Crippen LogP contribution < -0.4 is 19.8 Å². The molecule has 3 heterocycles. The van der Waals surface area contributed by atoms with Crippen LogP contribution in [0.25, 0.3) is 11.3 Å². The van der Waals surface area contributed by atoms with Crippen molar-refractivity contribution in [3.8, 4) is 0 Å². The highest BCUT2D eigenvalue weighted by atomic mass is 32.1. The molecule has 0 unspecified atom stereocenters. The van der Waals surface area contributed by atoms with Crippen LogP contribution in [-0.2, 0) is 14.3 Å². The third-order valence-electron chi connectivity index (χ3n) is 7.73. The maximum atomic E-state index is 14.5. The van der Waals surface area contributed by atoms with Gasteiger partial charge in [0.15, 0.2) is 4.80 Å². The molecule has 0 radical (unpaired) electrons. The van der Waals surface area contributed by atoms with E-state index in [1.165, 1.54) is 11.3 Å². The standard InChI is InChI=1S/C35H31N3O4S/c1-5-20-37-26-15-11-10-14-25(26)27(32(37)39)31-33(40)38-30(24-18-16-22(17-19-24)21(3)4)28(34(41)42-6-2)29(36-35(38)43-31)23-12-8-7-9-13-23/h5,7-19,21,30H,1,6,20H2,2-4H3/b31-27+/t30-/m1/s1. The van der Waals surface area contributed by atoms with E-state index in [9.17, 15) is 14.4 Å². The maximum Gasteiger partial charge on any atom is 0.338 e.